The fourth-order valence-electron chi connectivity index (χ4n) is 2.04. The van der Waals surface area contributed by atoms with E-state index in [9.17, 15) is 4.79 Å². The van der Waals surface area contributed by atoms with E-state index in [4.69, 9.17) is 30.2 Å². The van der Waals surface area contributed by atoms with Crippen LogP contribution in [0, 0.1) is 0 Å². The second kappa shape index (κ2) is 4.09. The number of rotatable bonds is 2. The fraction of sp³-hybridized carbons (Fsp3) is 0.0769. The Morgan fingerprint density at radius 3 is 2.95 bits per heavy atom. The van der Waals surface area contributed by atoms with Gasteiger partial charge in [0.2, 0.25) is 5.76 Å². The number of furan rings is 1. The maximum absolute atomic E-state index is 11.0. The number of halogens is 1. The van der Waals surface area contributed by atoms with Crippen LogP contribution in [-0.2, 0) is 11.5 Å². The summed E-state index contributed by atoms with van der Waals surface area (Å²) in [6.45, 7) is 0.380. The van der Waals surface area contributed by atoms with Crippen LogP contribution in [0.5, 0.6) is 5.75 Å². The fourth-order valence-corrected chi connectivity index (χ4v) is 2.13. The van der Waals surface area contributed by atoms with Gasteiger partial charge in [-0.3, -0.25) is 4.79 Å². The van der Waals surface area contributed by atoms with Crippen molar-refractivity contribution >= 4 is 27.8 Å². The standard InChI is InChI=1S/C13H6ClNO5/c14-12(16)11-4-15-13(19-11)10-2-6-1-9-7(5-17-20-9)3-8(6)18-10/h1-4H,5H2. The summed E-state index contributed by atoms with van der Waals surface area (Å²) >= 11 is 5.32. The minimum atomic E-state index is -0.704. The van der Waals surface area contributed by atoms with E-state index in [0.717, 1.165) is 10.9 Å². The number of nitrogens with zero attached hydrogens (tertiary/aromatic N) is 1. The van der Waals surface area contributed by atoms with Crippen molar-refractivity contribution in [1.82, 2.24) is 4.98 Å². The SMILES string of the molecule is O=C(Cl)c1cnc(-c2cc3cc4c(cc3o2)COO4)o1. The zero-order chi connectivity index (χ0) is 13.7. The van der Waals surface area contributed by atoms with Gasteiger partial charge in [0.1, 0.15) is 12.2 Å². The maximum atomic E-state index is 11.0. The Labute approximate surface area is 116 Å². The van der Waals surface area contributed by atoms with Crippen LogP contribution in [0.3, 0.4) is 0 Å². The van der Waals surface area contributed by atoms with Gasteiger partial charge in [0, 0.05) is 10.9 Å². The van der Waals surface area contributed by atoms with Gasteiger partial charge in [0.25, 0.3) is 11.1 Å². The van der Waals surface area contributed by atoms with Crippen LogP contribution >= 0.6 is 11.6 Å². The van der Waals surface area contributed by atoms with Crippen molar-refractivity contribution in [2.24, 2.45) is 0 Å². The number of carbonyl (C=O) groups is 1. The molecule has 3 aromatic rings. The van der Waals surface area contributed by atoms with Crippen molar-refractivity contribution in [2.75, 3.05) is 0 Å². The molecule has 0 spiro atoms. The third-order valence-electron chi connectivity index (χ3n) is 2.97. The quantitative estimate of drug-likeness (QED) is 0.533. The van der Waals surface area contributed by atoms with E-state index >= 15 is 0 Å². The van der Waals surface area contributed by atoms with Gasteiger partial charge in [0.15, 0.2) is 11.5 Å². The van der Waals surface area contributed by atoms with Crippen LogP contribution in [0.25, 0.3) is 22.6 Å². The molecule has 0 fully saturated rings. The third-order valence-corrected chi connectivity index (χ3v) is 3.16. The first-order valence-corrected chi connectivity index (χ1v) is 6.10. The average molecular weight is 292 g/mol. The number of oxazole rings is 1. The molecule has 0 atom stereocenters. The zero-order valence-corrected chi connectivity index (χ0v) is 10.6. The summed E-state index contributed by atoms with van der Waals surface area (Å²) in [4.78, 5) is 24.8. The molecule has 2 aromatic heterocycles. The first-order valence-electron chi connectivity index (χ1n) is 5.73. The van der Waals surface area contributed by atoms with Gasteiger partial charge < -0.3 is 13.7 Å². The van der Waals surface area contributed by atoms with Gasteiger partial charge in [-0.2, -0.15) is 4.89 Å². The van der Waals surface area contributed by atoms with Gasteiger partial charge in [-0.1, -0.05) is 0 Å². The van der Waals surface area contributed by atoms with Crippen molar-refractivity contribution in [3.8, 4) is 17.4 Å². The van der Waals surface area contributed by atoms with Gasteiger partial charge in [0.05, 0.1) is 6.20 Å². The van der Waals surface area contributed by atoms with Crippen molar-refractivity contribution in [1.29, 1.82) is 0 Å². The summed E-state index contributed by atoms with van der Waals surface area (Å²) in [5.41, 5.74) is 1.56. The number of hydrogen-bond acceptors (Lipinski definition) is 6. The van der Waals surface area contributed by atoms with E-state index in [1.807, 2.05) is 6.07 Å². The van der Waals surface area contributed by atoms with Crippen LogP contribution in [0.4, 0.5) is 0 Å². The number of fused-ring (bicyclic) bond motifs is 2. The molecule has 0 amide bonds. The Kier molecular flexibility index (Phi) is 2.35. The van der Waals surface area contributed by atoms with Crippen LogP contribution in [0.15, 0.2) is 33.2 Å². The van der Waals surface area contributed by atoms with Gasteiger partial charge in [-0.05, 0) is 29.8 Å². The molecule has 3 heterocycles. The summed E-state index contributed by atoms with van der Waals surface area (Å²) in [6, 6.07) is 5.38. The van der Waals surface area contributed by atoms with Crippen molar-refractivity contribution in [3.63, 3.8) is 0 Å². The van der Waals surface area contributed by atoms with E-state index in [1.165, 1.54) is 6.20 Å². The Morgan fingerprint density at radius 2 is 2.15 bits per heavy atom. The Balaban J connectivity index is 1.82. The molecule has 6 nitrogen and oxygen atoms in total. The lowest BCUT2D eigenvalue weighted by Crippen LogP contribution is -1.81. The summed E-state index contributed by atoms with van der Waals surface area (Å²) in [5.74, 6) is 1.24. The zero-order valence-electron chi connectivity index (χ0n) is 9.88. The topological polar surface area (TPSA) is 74.7 Å². The number of carbonyl (C=O) groups excluding carboxylic acids is 1. The van der Waals surface area contributed by atoms with Gasteiger partial charge in [-0.25, -0.2) is 4.98 Å². The second-order valence-electron chi connectivity index (χ2n) is 4.26. The molecule has 7 heteroatoms. The second-order valence-corrected chi connectivity index (χ2v) is 4.60. The monoisotopic (exact) mass is 291 g/mol. The normalized spacial score (nSPS) is 13.4. The number of benzene rings is 1. The molecule has 0 N–H and O–H groups in total. The van der Waals surface area contributed by atoms with E-state index < -0.39 is 5.24 Å². The van der Waals surface area contributed by atoms with E-state index in [2.05, 4.69) is 4.98 Å². The largest absolute Gasteiger partial charge is 0.451 e. The van der Waals surface area contributed by atoms with Crippen LogP contribution in [0.2, 0.25) is 0 Å². The highest BCUT2D eigenvalue weighted by molar-refractivity contribution is 6.67. The lowest BCUT2D eigenvalue weighted by atomic mass is 10.1. The van der Waals surface area contributed by atoms with Crippen LogP contribution < -0.4 is 4.89 Å². The molecule has 0 aliphatic carbocycles. The molecular weight excluding hydrogens is 286 g/mol. The summed E-state index contributed by atoms with van der Waals surface area (Å²) < 4.78 is 10.9. The predicted molar refractivity (Wildman–Crippen MR) is 67.3 cm³/mol. The predicted octanol–water partition coefficient (Wildman–Crippen LogP) is 3.29. The number of aromatic nitrogens is 1. The van der Waals surface area contributed by atoms with Gasteiger partial charge >= 0.3 is 0 Å². The Morgan fingerprint density at radius 1 is 1.25 bits per heavy atom. The molecule has 1 aliphatic heterocycles. The molecule has 0 saturated carbocycles. The molecule has 0 bridgehead atoms. The molecule has 4 rings (SSSR count). The van der Waals surface area contributed by atoms with E-state index in [-0.39, 0.29) is 11.7 Å². The highest BCUT2D eigenvalue weighted by atomic mass is 35.5. The van der Waals surface area contributed by atoms with Crippen molar-refractivity contribution in [2.45, 2.75) is 6.61 Å². The summed E-state index contributed by atoms with van der Waals surface area (Å²) in [6.07, 6.45) is 1.26. The molecule has 100 valence electrons. The van der Waals surface area contributed by atoms with Crippen molar-refractivity contribution < 1.29 is 23.4 Å². The summed E-state index contributed by atoms with van der Waals surface area (Å²) in [7, 11) is 0. The minimum Gasteiger partial charge on any atom is -0.451 e. The lowest BCUT2D eigenvalue weighted by Gasteiger charge is -1.93. The first-order chi connectivity index (χ1) is 9.70. The lowest BCUT2D eigenvalue weighted by molar-refractivity contribution is -0.194. The number of hydrogen-bond donors (Lipinski definition) is 0. The average Bonchev–Trinajstić information content (AvgIpc) is 3.13. The molecule has 0 radical (unpaired) electrons. The van der Waals surface area contributed by atoms with Gasteiger partial charge in [-0.15, -0.1) is 0 Å². The summed E-state index contributed by atoms with van der Waals surface area (Å²) in [5, 5.41) is 0.116. The van der Waals surface area contributed by atoms with Crippen LogP contribution in [0.1, 0.15) is 16.1 Å². The smallest absolute Gasteiger partial charge is 0.289 e. The molecule has 0 unspecified atom stereocenters. The minimum absolute atomic E-state index is 0.0265. The highest BCUT2D eigenvalue weighted by Gasteiger charge is 2.19. The molecule has 0 saturated heterocycles. The maximum Gasteiger partial charge on any atom is 0.289 e. The van der Waals surface area contributed by atoms with Crippen LogP contribution in [-0.4, -0.2) is 10.2 Å². The van der Waals surface area contributed by atoms with E-state index in [0.29, 0.717) is 23.7 Å². The Bertz CT molecular complexity index is 794. The highest BCUT2D eigenvalue weighted by Crippen LogP contribution is 2.35. The Hall–Kier alpha value is -2.31. The van der Waals surface area contributed by atoms with E-state index in [1.54, 1.807) is 12.1 Å². The molecule has 1 aromatic carbocycles. The van der Waals surface area contributed by atoms with Crippen molar-refractivity contribution in [3.05, 3.63) is 35.7 Å². The third kappa shape index (κ3) is 1.70. The molecule has 20 heavy (non-hydrogen) atoms. The molecular formula is C13H6ClNO5. The first kappa shape index (κ1) is 11.5. The molecule has 1 aliphatic rings.